The second kappa shape index (κ2) is 6.04. The van der Waals surface area contributed by atoms with Crippen molar-refractivity contribution < 1.29 is 18.4 Å². The van der Waals surface area contributed by atoms with Gasteiger partial charge in [0.05, 0.1) is 12.7 Å². The summed E-state index contributed by atoms with van der Waals surface area (Å²) >= 11 is 0. The third-order valence-corrected chi connectivity index (χ3v) is 2.60. The third-order valence-electron chi connectivity index (χ3n) is 2.60. The van der Waals surface area contributed by atoms with Gasteiger partial charge in [-0.15, -0.1) is 0 Å². The summed E-state index contributed by atoms with van der Waals surface area (Å²) < 4.78 is 18.3. The lowest BCUT2D eigenvalue weighted by molar-refractivity contribution is -0.118. The molecule has 0 saturated carbocycles. The smallest absolute Gasteiger partial charge is 0.184 e. The van der Waals surface area contributed by atoms with Gasteiger partial charge < -0.3 is 4.42 Å². The summed E-state index contributed by atoms with van der Waals surface area (Å²) in [5, 5.41) is 0. The molecular weight excluding hydrogens is 249 g/mol. The predicted octanol–water partition coefficient (Wildman–Crippen LogP) is 2.59. The van der Waals surface area contributed by atoms with Crippen molar-refractivity contribution in [3.63, 3.8) is 0 Å². The molecule has 0 aliphatic carbocycles. The second-order valence-corrected chi connectivity index (χ2v) is 4.05. The highest BCUT2D eigenvalue weighted by Crippen LogP contribution is 2.09. The van der Waals surface area contributed by atoms with Crippen molar-refractivity contribution >= 4 is 11.6 Å². The number of Topliss-reactive ketones (excluding diaryl/α,β-unsaturated/α-hetero) is 2. The van der Waals surface area contributed by atoms with Crippen molar-refractivity contribution in [2.24, 2.45) is 0 Å². The molecule has 0 radical (unpaired) electrons. The summed E-state index contributed by atoms with van der Waals surface area (Å²) in [4.78, 5) is 27.0. The number of carbonyl (C=O) groups is 2. The van der Waals surface area contributed by atoms with E-state index in [0.717, 1.165) is 0 Å². The van der Waals surface area contributed by atoms with Crippen molar-refractivity contribution in [3.05, 3.63) is 54.0 Å². The highest BCUT2D eigenvalue weighted by Gasteiger charge is 2.15. The van der Waals surface area contributed by atoms with Crippen LogP contribution in [-0.2, 0) is 11.2 Å². The molecule has 0 N–H and O–H groups in total. The number of carbonyl (C=O) groups excluding carboxylic acids is 2. The van der Waals surface area contributed by atoms with Crippen molar-refractivity contribution in [3.8, 4) is 0 Å². The van der Waals surface area contributed by atoms with Crippen molar-refractivity contribution in [2.75, 3.05) is 0 Å². The van der Waals surface area contributed by atoms with Crippen molar-refractivity contribution in [1.82, 2.24) is 4.98 Å². The number of hydrogen-bond acceptors (Lipinski definition) is 4. The van der Waals surface area contributed by atoms with Gasteiger partial charge in [-0.3, -0.25) is 14.6 Å². The van der Waals surface area contributed by atoms with Crippen LogP contribution >= 0.6 is 0 Å². The minimum atomic E-state index is -0.661. The topological polar surface area (TPSA) is 60.2 Å². The van der Waals surface area contributed by atoms with Crippen LogP contribution in [0.2, 0.25) is 0 Å². The average Bonchev–Trinajstić information content (AvgIpc) is 2.89. The molecule has 0 unspecified atom stereocenters. The predicted molar refractivity (Wildman–Crippen MR) is 65.2 cm³/mol. The Morgan fingerprint density at radius 3 is 2.74 bits per heavy atom. The Morgan fingerprint density at radius 2 is 2.05 bits per heavy atom. The summed E-state index contributed by atoms with van der Waals surface area (Å²) in [7, 11) is 0. The lowest BCUT2D eigenvalue weighted by Crippen LogP contribution is -2.09. The fraction of sp³-hybridized carbons (Fsp3) is 0.214. The molecule has 2 aromatic heterocycles. The highest BCUT2D eigenvalue weighted by atomic mass is 19.1. The molecule has 0 saturated heterocycles. The van der Waals surface area contributed by atoms with Gasteiger partial charge in [0.1, 0.15) is 17.2 Å². The Balaban J connectivity index is 1.87. The van der Waals surface area contributed by atoms with Crippen LogP contribution in [0.25, 0.3) is 0 Å². The first kappa shape index (κ1) is 13.1. The maximum absolute atomic E-state index is 13.3. The molecule has 0 amide bonds. The number of ketones is 2. The number of aromatic nitrogens is 1. The van der Waals surface area contributed by atoms with E-state index in [1.165, 1.54) is 24.6 Å². The van der Waals surface area contributed by atoms with Gasteiger partial charge in [0.2, 0.25) is 0 Å². The van der Waals surface area contributed by atoms with Gasteiger partial charge in [-0.1, -0.05) is 0 Å². The summed E-state index contributed by atoms with van der Waals surface area (Å²) in [6.45, 7) is 0. The number of rotatable bonds is 6. The zero-order valence-electron chi connectivity index (χ0n) is 10.1. The van der Waals surface area contributed by atoms with Crippen LogP contribution in [0.3, 0.4) is 0 Å². The minimum Gasteiger partial charge on any atom is -0.469 e. The van der Waals surface area contributed by atoms with E-state index in [4.69, 9.17) is 4.42 Å². The molecule has 5 heteroatoms. The average molecular weight is 261 g/mol. The third kappa shape index (κ3) is 3.58. The van der Waals surface area contributed by atoms with Crippen LogP contribution in [0.15, 0.2) is 41.1 Å². The van der Waals surface area contributed by atoms with Crippen LogP contribution in [-0.4, -0.2) is 16.6 Å². The lowest BCUT2D eigenvalue weighted by atomic mass is 10.1. The number of halogens is 1. The Labute approximate surface area is 109 Å². The zero-order chi connectivity index (χ0) is 13.7. The fourth-order valence-electron chi connectivity index (χ4n) is 1.66. The zero-order valence-corrected chi connectivity index (χ0v) is 10.1. The van der Waals surface area contributed by atoms with E-state index < -0.39 is 11.6 Å². The first-order chi connectivity index (χ1) is 9.16. The van der Waals surface area contributed by atoms with E-state index in [9.17, 15) is 14.0 Å². The normalized spacial score (nSPS) is 10.4. The number of hydrogen-bond donors (Lipinski definition) is 0. The molecule has 2 heterocycles. The molecule has 4 nitrogen and oxygen atoms in total. The van der Waals surface area contributed by atoms with Gasteiger partial charge in [0.25, 0.3) is 0 Å². The van der Waals surface area contributed by atoms with E-state index >= 15 is 0 Å². The summed E-state index contributed by atoms with van der Waals surface area (Å²) in [5.74, 6) is -0.696. The van der Waals surface area contributed by atoms with Crippen molar-refractivity contribution in [2.45, 2.75) is 19.3 Å². The van der Waals surface area contributed by atoms with Gasteiger partial charge in [-0.2, -0.15) is 0 Å². The quantitative estimate of drug-likeness (QED) is 0.750. The molecule has 0 aliphatic heterocycles. The minimum absolute atomic E-state index is 0.0481. The van der Waals surface area contributed by atoms with E-state index in [-0.39, 0.29) is 30.7 Å². The molecular formula is C14H12FNO3. The second-order valence-electron chi connectivity index (χ2n) is 4.05. The van der Waals surface area contributed by atoms with Gasteiger partial charge in [0, 0.05) is 19.0 Å². The first-order valence-electron chi connectivity index (χ1n) is 5.84. The monoisotopic (exact) mass is 261 g/mol. The molecule has 19 heavy (non-hydrogen) atoms. The van der Waals surface area contributed by atoms with Crippen LogP contribution in [0.5, 0.6) is 0 Å². The molecule has 2 rings (SSSR count). The molecule has 0 spiro atoms. The van der Waals surface area contributed by atoms with E-state index in [1.54, 1.807) is 12.1 Å². The molecule has 0 aliphatic rings. The number of furan rings is 1. The van der Waals surface area contributed by atoms with E-state index in [0.29, 0.717) is 5.76 Å². The van der Waals surface area contributed by atoms with Crippen LogP contribution in [0.4, 0.5) is 4.39 Å². The summed E-state index contributed by atoms with van der Waals surface area (Å²) in [6, 6.07) is 5.97. The van der Waals surface area contributed by atoms with E-state index in [1.807, 2.05) is 0 Å². The Morgan fingerprint density at radius 1 is 1.21 bits per heavy atom. The van der Waals surface area contributed by atoms with Gasteiger partial charge in [0.15, 0.2) is 11.6 Å². The van der Waals surface area contributed by atoms with Crippen molar-refractivity contribution in [1.29, 1.82) is 0 Å². The highest BCUT2D eigenvalue weighted by molar-refractivity contribution is 5.96. The SMILES string of the molecule is O=C(CCC(=O)c1ncccc1F)Cc1ccco1. The fourth-order valence-corrected chi connectivity index (χ4v) is 1.66. The Bertz CT molecular complexity index is 578. The summed E-state index contributed by atoms with van der Waals surface area (Å²) in [6.07, 6.45) is 2.98. The standard InChI is InChI=1S/C14H12FNO3/c15-12-4-1-7-16-14(12)13(18)6-5-10(17)9-11-3-2-8-19-11/h1-4,7-8H,5-6,9H2. The van der Waals surface area contributed by atoms with Crippen LogP contribution < -0.4 is 0 Å². The van der Waals surface area contributed by atoms with Crippen LogP contribution in [0, 0.1) is 5.82 Å². The first-order valence-corrected chi connectivity index (χ1v) is 5.84. The molecule has 0 fully saturated rings. The maximum atomic E-state index is 13.3. The molecule has 0 atom stereocenters. The van der Waals surface area contributed by atoms with Gasteiger partial charge >= 0.3 is 0 Å². The lowest BCUT2D eigenvalue weighted by Gasteiger charge is -2.01. The number of nitrogens with zero attached hydrogens (tertiary/aromatic N) is 1. The summed E-state index contributed by atoms with van der Waals surface area (Å²) in [5.41, 5.74) is -0.215. The van der Waals surface area contributed by atoms with Crippen LogP contribution in [0.1, 0.15) is 29.1 Å². The van der Waals surface area contributed by atoms with Gasteiger partial charge in [-0.05, 0) is 24.3 Å². The Hall–Kier alpha value is -2.30. The molecule has 0 bridgehead atoms. The van der Waals surface area contributed by atoms with E-state index in [2.05, 4.69) is 4.98 Å². The van der Waals surface area contributed by atoms with Gasteiger partial charge in [-0.25, -0.2) is 4.39 Å². The molecule has 98 valence electrons. The molecule has 0 aromatic carbocycles. The largest absolute Gasteiger partial charge is 0.469 e. The molecule has 2 aromatic rings. The Kier molecular flexibility index (Phi) is 4.18. The number of pyridine rings is 1. The maximum Gasteiger partial charge on any atom is 0.184 e.